The van der Waals surface area contributed by atoms with Crippen LogP contribution < -0.4 is 14.9 Å². The maximum Gasteiger partial charge on any atom is 0.240 e. The molecule has 1 fully saturated rings. The molecule has 0 bridgehead atoms. The molecule has 2 rings (SSSR count). The number of nitrogens with zero attached hydrogens (tertiary/aromatic N) is 1. The van der Waals surface area contributed by atoms with E-state index < -0.39 is 10.0 Å². The predicted molar refractivity (Wildman–Crippen MR) is 81.6 cm³/mol. The third-order valence-electron chi connectivity index (χ3n) is 3.42. The van der Waals surface area contributed by atoms with E-state index in [0.717, 1.165) is 31.7 Å². The number of benzene rings is 1. The molecular weight excluding hydrogens is 274 g/mol. The van der Waals surface area contributed by atoms with Gasteiger partial charge in [-0.25, -0.2) is 13.1 Å². The first kappa shape index (κ1) is 15.3. The fourth-order valence-electron chi connectivity index (χ4n) is 2.32. The van der Waals surface area contributed by atoms with E-state index in [1.807, 2.05) is 19.1 Å². The quantitative estimate of drug-likeness (QED) is 0.856. The van der Waals surface area contributed by atoms with Crippen LogP contribution in [0, 0.1) is 0 Å². The molecule has 112 valence electrons. The van der Waals surface area contributed by atoms with Crippen molar-refractivity contribution in [3.8, 4) is 0 Å². The number of hydrogen-bond acceptors (Lipinski definition) is 4. The smallest absolute Gasteiger partial charge is 0.240 e. The molecule has 0 amide bonds. The minimum absolute atomic E-state index is 0.331. The van der Waals surface area contributed by atoms with Crippen LogP contribution in [0.3, 0.4) is 0 Å². The summed E-state index contributed by atoms with van der Waals surface area (Å²) < 4.78 is 26.6. The standard InChI is InChI=1S/C14H23N3O2S/c1-3-8-16-20(18,19)14-6-4-13(5-7-14)17-10-9-15-12(2)11-17/h4-7,12,15-16H,3,8-11H2,1-2H3/t12-/m0/s1. The van der Waals surface area contributed by atoms with Crippen LogP contribution in [0.1, 0.15) is 20.3 Å². The summed E-state index contributed by atoms with van der Waals surface area (Å²) in [4.78, 5) is 2.61. The number of rotatable bonds is 5. The number of nitrogens with one attached hydrogen (secondary N) is 2. The first-order chi connectivity index (χ1) is 9.53. The van der Waals surface area contributed by atoms with E-state index in [2.05, 4.69) is 21.9 Å². The molecule has 5 nitrogen and oxygen atoms in total. The molecule has 1 aromatic rings. The zero-order valence-electron chi connectivity index (χ0n) is 12.1. The summed E-state index contributed by atoms with van der Waals surface area (Å²) >= 11 is 0. The Labute approximate surface area is 121 Å². The van der Waals surface area contributed by atoms with Gasteiger partial charge in [0.25, 0.3) is 0 Å². The van der Waals surface area contributed by atoms with Gasteiger partial charge >= 0.3 is 0 Å². The molecule has 0 unspecified atom stereocenters. The van der Waals surface area contributed by atoms with Crippen molar-refractivity contribution in [2.45, 2.75) is 31.2 Å². The second-order valence-electron chi connectivity index (χ2n) is 5.19. The lowest BCUT2D eigenvalue weighted by Crippen LogP contribution is -2.49. The van der Waals surface area contributed by atoms with Gasteiger partial charge < -0.3 is 10.2 Å². The predicted octanol–water partition coefficient (Wildman–Crippen LogP) is 1.17. The van der Waals surface area contributed by atoms with Crippen LogP contribution in [0.25, 0.3) is 0 Å². The summed E-state index contributed by atoms with van der Waals surface area (Å²) in [5, 5.41) is 3.39. The molecule has 0 aliphatic carbocycles. The highest BCUT2D eigenvalue weighted by Crippen LogP contribution is 2.19. The number of sulfonamides is 1. The molecule has 0 spiro atoms. The third kappa shape index (κ3) is 3.71. The molecule has 1 aromatic carbocycles. The summed E-state index contributed by atoms with van der Waals surface area (Å²) in [7, 11) is -3.36. The molecule has 0 saturated carbocycles. The van der Waals surface area contributed by atoms with Crippen LogP contribution >= 0.6 is 0 Å². The van der Waals surface area contributed by atoms with Crippen molar-refractivity contribution in [2.75, 3.05) is 31.1 Å². The van der Waals surface area contributed by atoms with Crippen molar-refractivity contribution >= 4 is 15.7 Å². The molecule has 1 aliphatic rings. The topological polar surface area (TPSA) is 61.4 Å². The van der Waals surface area contributed by atoms with Crippen LogP contribution in [0.2, 0.25) is 0 Å². The van der Waals surface area contributed by atoms with E-state index in [4.69, 9.17) is 0 Å². The molecule has 0 aromatic heterocycles. The van der Waals surface area contributed by atoms with Gasteiger partial charge in [-0.1, -0.05) is 6.92 Å². The summed E-state index contributed by atoms with van der Waals surface area (Å²) in [6, 6.07) is 7.59. The number of anilines is 1. The lowest BCUT2D eigenvalue weighted by molar-refractivity contribution is 0.485. The first-order valence-electron chi connectivity index (χ1n) is 7.11. The summed E-state index contributed by atoms with van der Waals surface area (Å²) in [6.45, 7) is 7.42. The van der Waals surface area contributed by atoms with E-state index >= 15 is 0 Å². The zero-order valence-corrected chi connectivity index (χ0v) is 12.9. The lowest BCUT2D eigenvalue weighted by atomic mass is 10.2. The average Bonchev–Trinajstić information content (AvgIpc) is 2.45. The summed E-state index contributed by atoms with van der Waals surface area (Å²) in [6.07, 6.45) is 0.788. The van der Waals surface area contributed by atoms with Crippen molar-refractivity contribution in [3.05, 3.63) is 24.3 Å². The monoisotopic (exact) mass is 297 g/mol. The average molecular weight is 297 g/mol. The third-order valence-corrected chi connectivity index (χ3v) is 4.90. The van der Waals surface area contributed by atoms with E-state index in [0.29, 0.717) is 17.5 Å². The maximum absolute atomic E-state index is 12.0. The maximum atomic E-state index is 12.0. The Balaban J connectivity index is 2.10. The van der Waals surface area contributed by atoms with Crippen molar-refractivity contribution in [1.29, 1.82) is 0 Å². The van der Waals surface area contributed by atoms with Gasteiger partial charge in [0.1, 0.15) is 0 Å². The Morgan fingerprint density at radius 3 is 2.65 bits per heavy atom. The molecule has 6 heteroatoms. The van der Waals surface area contributed by atoms with Gasteiger partial charge in [-0.2, -0.15) is 0 Å². The van der Waals surface area contributed by atoms with E-state index in [1.165, 1.54) is 0 Å². The van der Waals surface area contributed by atoms with Crippen molar-refractivity contribution in [3.63, 3.8) is 0 Å². The summed E-state index contributed by atoms with van der Waals surface area (Å²) in [5.74, 6) is 0. The van der Waals surface area contributed by atoms with Crippen LogP contribution in [-0.4, -0.2) is 40.6 Å². The van der Waals surface area contributed by atoms with Crippen LogP contribution in [0.15, 0.2) is 29.2 Å². The Kier molecular flexibility index (Phi) is 5.01. The molecular formula is C14H23N3O2S. The van der Waals surface area contributed by atoms with E-state index in [-0.39, 0.29) is 0 Å². The SMILES string of the molecule is CCCNS(=O)(=O)c1ccc(N2CCN[C@@H](C)C2)cc1. The second-order valence-corrected chi connectivity index (χ2v) is 6.96. The Morgan fingerprint density at radius 2 is 2.05 bits per heavy atom. The second kappa shape index (κ2) is 6.56. The largest absolute Gasteiger partial charge is 0.369 e. The van der Waals surface area contributed by atoms with Gasteiger partial charge in [0.15, 0.2) is 0 Å². The molecule has 1 saturated heterocycles. The Bertz CT molecular complexity index is 528. The fourth-order valence-corrected chi connectivity index (χ4v) is 3.46. The zero-order chi connectivity index (χ0) is 14.6. The highest BCUT2D eigenvalue weighted by atomic mass is 32.2. The van der Waals surface area contributed by atoms with Crippen molar-refractivity contribution in [2.24, 2.45) is 0 Å². The normalized spacial score (nSPS) is 20.1. The highest BCUT2D eigenvalue weighted by molar-refractivity contribution is 7.89. The molecule has 1 heterocycles. The first-order valence-corrected chi connectivity index (χ1v) is 8.59. The fraction of sp³-hybridized carbons (Fsp3) is 0.571. The minimum atomic E-state index is -3.36. The highest BCUT2D eigenvalue weighted by Gasteiger charge is 2.17. The van der Waals surface area contributed by atoms with Gasteiger partial charge in [-0.3, -0.25) is 0 Å². The van der Waals surface area contributed by atoms with Crippen molar-refractivity contribution < 1.29 is 8.42 Å². The van der Waals surface area contributed by atoms with Crippen LogP contribution in [-0.2, 0) is 10.0 Å². The van der Waals surface area contributed by atoms with Crippen molar-refractivity contribution in [1.82, 2.24) is 10.0 Å². The molecule has 0 radical (unpaired) electrons. The van der Waals surface area contributed by atoms with Gasteiger partial charge in [0.05, 0.1) is 4.90 Å². The van der Waals surface area contributed by atoms with Gasteiger partial charge in [-0.05, 0) is 37.6 Å². The van der Waals surface area contributed by atoms with E-state index in [1.54, 1.807) is 12.1 Å². The van der Waals surface area contributed by atoms with Crippen LogP contribution in [0.4, 0.5) is 5.69 Å². The molecule has 2 N–H and O–H groups in total. The molecule has 1 aliphatic heterocycles. The van der Waals surface area contributed by atoms with Crippen LogP contribution in [0.5, 0.6) is 0 Å². The minimum Gasteiger partial charge on any atom is -0.369 e. The van der Waals surface area contributed by atoms with Gasteiger partial charge in [0.2, 0.25) is 10.0 Å². The van der Waals surface area contributed by atoms with Gasteiger partial charge in [-0.15, -0.1) is 0 Å². The lowest BCUT2D eigenvalue weighted by Gasteiger charge is -2.33. The number of piperazine rings is 1. The number of hydrogen-bond donors (Lipinski definition) is 2. The Hall–Kier alpha value is -1.11. The van der Waals surface area contributed by atoms with Gasteiger partial charge in [0, 0.05) is 37.9 Å². The van der Waals surface area contributed by atoms with E-state index in [9.17, 15) is 8.42 Å². The summed E-state index contributed by atoms with van der Waals surface area (Å²) in [5.41, 5.74) is 1.08. The molecule has 20 heavy (non-hydrogen) atoms. The Morgan fingerprint density at radius 1 is 1.35 bits per heavy atom. The molecule has 1 atom stereocenters.